The zero-order valence-corrected chi connectivity index (χ0v) is 26.8. The van der Waals surface area contributed by atoms with Crippen molar-refractivity contribution in [2.45, 2.75) is 0 Å². The van der Waals surface area contributed by atoms with Gasteiger partial charge >= 0.3 is 0 Å². The van der Waals surface area contributed by atoms with E-state index in [0.717, 1.165) is 88.5 Å². The molecule has 0 atom stereocenters. The van der Waals surface area contributed by atoms with Crippen molar-refractivity contribution in [1.82, 2.24) is 39.5 Å². The Morgan fingerprint density at radius 3 is 1.37 bits per heavy atom. The molecule has 51 heavy (non-hydrogen) atoms. The second kappa shape index (κ2) is 10.6. The van der Waals surface area contributed by atoms with Gasteiger partial charge in [0.25, 0.3) is 0 Å². The van der Waals surface area contributed by atoms with Crippen LogP contribution in [-0.2, 0) is 0 Å². The van der Waals surface area contributed by atoms with Crippen LogP contribution in [0, 0.1) is 0 Å². The summed E-state index contributed by atoms with van der Waals surface area (Å²) < 4.78 is 10.7. The van der Waals surface area contributed by atoms with E-state index in [0.29, 0.717) is 11.2 Å². The lowest BCUT2D eigenvalue weighted by molar-refractivity contribution is 0.665. The molecule has 7 heterocycles. The second-order valence-electron chi connectivity index (χ2n) is 12.6. The van der Waals surface area contributed by atoms with Crippen molar-refractivity contribution in [3.8, 4) is 33.9 Å². The SMILES string of the molecule is c1ccc(-n2c3cc(-c4cc5c(cn4)oc4cnc(-c6ccc7c8nnccc8n(-c8ccccc8)c7c6)cc45)ccc3c3nnccc32)cc1. The summed E-state index contributed by atoms with van der Waals surface area (Å²) >= 11 is 0. The Morgan fingerprint density at radius 2 is 0.902 bits per heavy atom. The normalized spacial score (nSPS) is 11.9. The van der Waals surface area contributed by atoms with Gasteiger partial charge in [0.1, 0.15) is 11.0 Å². The maximum Gasteiger partial charge on any atom is 0.153 e. The monoisotopic (exact) mass is 656 g/mol. The van der Waals surface area contributed by atoms with Crippen molar-refractivity contribution in [2.75, 3.05) is 0 Å². The number of hydrogen-bond donors (Lipinski definition) is 0. The summed E-state index contributed by atoms with van der Waals surface area (Å²) in [6, 6.07) is 41.7. The number of benzene rings is 4. The molecule has 0 bridgehead atoms. The molecule has 0 saturated carbocycles. The van der Waals surface area contributed by atoms with Crippen molar-refractivity contribution >= 4 is 65.8 Å². The lowest BCUT2D eigenvalue weighted by atomic mass is 10.0. The zero-order valence-electron chi connectivity index (χ0n) is 26.8. The first kappa shape index (κ1) is 27.7. The van der Waals surface area contributed by atoms with Crippen LogP contribution in [0.5, 0.6) is 0 Å². The lowest BCUT2D eigenvalue weighted by Gasteiger charge is -2.08. The predicted octanol–water partition coefficient (Wildman–Crippen LogP) is 9.48. The molecule has 7 aromatic heterocycles. The fourth-order valence-corrected chi connectivity index (χ4v) is 7.42. The van der Waals surface area contributed by atoms with Crippen molar-refractivity contribution in [2.24, 2.45) is 0 Å². The summed E-state index contributed by atoms with van der Waals surface area (Å²) in [7, 11) is 0. The standard InChI is InChI=1S/C42H24N8O/c1-3-7-27(8-4-1)49-35-15-17-45-47-41(35)29-13-11-25(19-37(29)49)33-21-31-32-22-34(44-24-40(32)51-39(31)23-43-33)26-12-14-30-38(20-26)50(28-9-5-2-6-10-28)36-16-18-46-48-42(30)36/h1-24H. The minimum Gasteiger partial charge on any atom is -0.453 e. The van der Waals surface area contributed by atoms with Crippen LogP contribution in [0.15, 0.2) is 151 Å². The summed E-state index contributed by atoms with van der Waals surface area (Å²) in [5.41, 5.74) is 13.0. The number of aromatic nitrogens is 8. The number of pyridine rings is 2. The Bertz CT molecular complexity index is 2930. The van der Waals surface area contributed by atoms with Gasteiger partial charge in [0, 0.05) is 44.0 Å². The molecule has 11 rings (SSSR count). The van der Waals surface area contributed by atoms with Gasteiger partial charge in [0.15, 0.2) is 11.2 Å². The van der Waals surface area contributed by atoms with Crippen molar-refractivity contribution in [3.05, 3.63) is 146 Å². The quantitative estimate of drug-likeness (QED) is 0.186. The molecule has 11 aromatic rings. The third-order valence-corrected chi connectivity index (χ3v) is 9.73. The average molecular weight is 657 g/mol. The number of hydrogen-bond acceptors (Lipinski definition) is 7. The first-order valence-corrected chi connectivity index (χ1v) is 16.6. The van der Waals surface area contributed by atoms with Gasteiger partial charge in [-0.05, 0) is 72.8 Å². The Kier molecular flexibility index (Phi) is 5.76. The van der Waals surface area contributed by atoms with Gasteiger partial charge < -0.3 is 13.6 Å². The first-order chi connectivity index (χ1) is 25.3. The third kappa shape index (κ3) is 4.15. The molecule has 0 radical (unpaired) electrons. The number of rotatable bonds is 4. The van der Waals surface area contributed by atoms with Gasteiger partial charge in [0.2, 0.25) is 0 Å². The van der Waals surface area contributed by atoms with Gasteiger partial charge in [-0.15, -0.1) is 10.2 Å². The van der Waals surface area contributed by atoms with Crippen LogP contribution in [0.3, 0.4) is 0 Å². The van der Waals surface area contributed by atoms with Gasteiger partial charge in [-0.3, -0.25) is 9.97 Å². The summed E-state index contributed by atoms with van der Waals surface area (Å²) in [4.78, 5) is 9.69. The number of nitrogens with zero attached hydrogens (tertiary/aromatic N) is 8. The molecule has 0 fully saturated rings. The van der Waals surface area contributed by atoms with E-state index < -0.39 is 0 Å². The molecule has 0 aliphatic heterocycles. The lowest BCUT2D eigenvalue weighted by Crippen LogP contribution is -1.94. The molecule has 9 nitrogen and oxygen atoms in total. The average Bonchev–Trinajstić information content (AvgIpc) is 3.85. The Labute approximate surface area is 289 Å². The van der Waals surface area contributed by atoms with E-state index in [1.54, 1.807) is 24.8 Å². The molecule has 0 N–H and O–H groups in total. The number of fused-ring (bicyclic) bond motifs is 9. The highest BCUT2D eigenvalue weighted by molar-refractivity contribution is 6.10. The molecular weight excluding hydrogens is 633 g/mol. The molecular formula is C42H24N8O. The maximum absolute atomic E-state index is 6.24. The van der Waals surface area contributed by atoms with Crippen molar-refractivity contribution in [1.29, 1.82) is 0 Å². The zero-order chi connectivity index (χ0) is 33.5. The molecule has 0 unspecified atom stereocenters. The van der Waals surface area contributed by atoms with E-state index in [4.69, 9.17) is 14.4 Å². The van der Waals surface area contributed by atoms with E-state index in [9.17, 15) is 0 Å². The Hall–Kier alpha value is -7.26. The minimum absolute atomic E-state index is 0.709. The summed E-state index contributed by atoms with van der Waals surface area (Å²) in [6.45, 7) is 0. The Balaban J connectivity index is 1.07. The largest absolute Gasteiger partial charge is 0.453 e. The van der Waals surface area contributed by atoms with Crippen LogP contribution in [0.4, 0.5) is 0 Å². The summed E-state index contributed by atoms with van der Waals surface area (Å²) in [5, 5.41) is 21.4. The molecule has 9 heteroatoms. The van der Waals surface area contributed by atoms with Crippen LogP contribution < -0.4 is 0 Å². The smallest absolute Gasteiger partial charge is 0.153 e. The molecule has 0 aliphatic carbocycles. The summed E-state index contributed by atoms with van der Waals surface area (Å²) in [5.74, 6) is 0. The van der Waals surface area contributed by atoms with Gasteiger partial charge in [-0.2, -0.15) is 10.2 Å². The van der Waals surface area contributed by atoms with Gasteiger partial charge in [0.05, 0.1) is 58.2 Å². The van der Waals surface area contributed by atoms with Gasteiger partial charge in [-0.1, -0.05) is 48.5 Å². The molecule has 238 valence electrons. The van der Waals surface area contributed by atoms with E-state index in [1.165, 1.54) is 0 Å². The van der Waals surface area contributed by atoms with E-state index in [2.05, 4.69) is 102 Å². The fraction of sp³-hybridized carbons (Fsp3) is 0. The van der Waals surface area contributed by atoms with Crippen LogP contribution >= 0.6 is 0 Å². The second-order valence-corrected chi connectivity index (χ2v) is 12.6. The van der Waals surface area contributed by atoms with Crippen LogP contribution in [0.1, 0.15) is 0 Å². The molecule has 0 saturated heterocycles. The third-order valence-electron chi connectivity index (χ3n) is 9.73. The molecule has 0 spiro atoms. The van der Waals surface area contributed by atoms with Gasteiger partial charge in [-0.25, -0.2) is 0 Å². The van der Waals surface area contributed by atoms with Crippen LogP contribution in [-0.4, -0.2) is 39.5 Å². The number of para-hydroxylation sites is 2. The first-order valence-electron chi connectivity index (χ1n) is 16.6. The highest BCUT2D eigenvalue weighted by Crippen LogP contribution is 2.38. The highest BCUT2D eigenvalue weighted by atomic mass is 16.3. The van der Waals surface area contributed by atoms with Crippen LogP contribution in [0.25, 0.3) is 99.7 Å². The fourth-order valence-electron chi connectivity index (χ4n) is 7.42. The van der Waals surface area contributed by atoms with Crippen LogP contribution in [0.2, 0.25) is 0 Å². The maximum atomic E-state index is 6.24. The van der Waals surface area contributed by atoms with Crippen molar-refractivity contribution < 1.29 is 4.42 Å². The topological polar surface area (TPSA) is 100 Å². The predicted molar refractivity (Wildman–Crippen MR) is 200 cm³/mol. The minimum atomic E-state index is 0.709. The van der Waals surface area contributed by atoms with E-state index in [1.807, 2.05) is 48.5 Å². The highest BCUT2D eigenvalue weighted by Gasteiger charge is 2.18. The van der Waals surface area contributed by atoms with Crippen molar-refractivity contribution in [3.63, 3.8) is 0 Å². The number of furan rings is 1. The Morgan fingerprint density at radius 1 is 0.431 bits per heavy atom. The summed E-state index contributed by atoms with van der Waals surface area (Å²) in [6.07, 6.45) is 7.08. The molecule has 4 aromatic carbocycles. The van der Waals surface area contributed by atoms with E-state index >= 15 is 0 Å². The molecule has 0 aliphatic rings. The molecule has 0 amide bonds. The van der Waals surface area contributed by atoms with E-state index in [-0.39, 0.29) is 0 Å².